The number of aldehydes is 1. The van der Waals surface area contributed by atoms with Gasteiger partial charge in [0.25, 0.3) is 0 Å². The Morgan fingerprint density at radius 1 is 1.36 bits per heavy atom. The maximum Gasteiger partial charge on any atom is 0.246 e. The number of aryl methyl sites for hydroxylation is 1. The lowest BCUT2D eigenvalue weighted by Crippen LogP contribution is -2.40. The van der Waals surface area contributed by atoms with Crippen molar-refractivity contribution in [2.24, 2.45) is 7.05 Å². The van der Waals surface area contributed by atoms with Crippen LogP contribution >= 0.6 is 0 Å². The quantitative estimate of drug-likeness (QED) is 0.528. The second-order valence-electron chi connectivity index (χ2n) is 6.73. The van der Waals surface area contributed by atoms with Crippen LogP contribution in [0.1, 0.15) is 29.4 Å². The van der Waals surface area contributed by atoms with Gasteiger partial charge in [0.1, 0.15) is 29.2 Å². The molecule has 10 nitrogen and oxygen atoms in total. The van der Waals surface area contributed by atoms with E-state index in [2.05, 4.69) is 21.6 Å². The highest BCUT2D eigenvalue weighted by Crippen LogP contribution is 2.33. The van der Waals surface area contributed by atoms with Crippen molar-refractivity contribution < 1.29 is 9.59 Å². The highest BCUT2D eigenvalue weighted by molar-refractivity contribution is 5.98. The topological polar surface area (TPSA) is 125 Å². The Morgan fingerprint density at radius 3 is 2.89 bits per heavy atom. The molecule has 1 saturated heterocycles. The number of likely N-dealkylation sites (tertiary alicyclic amines) is 1. The van der Waals surface area contributed by atoms with Crippen molar-refractivity contribution in [3.05, 3.63) is 30.7 Å². The molecule has 1 fully saturated rings. The van der Waals surface area contributed by atoms with E-state index in [0.29, 0.717) is 47.0 Å². The summed E-state index contributed by atoms with van der Waals surface area (Å²) in [6, 6.07) is 1.59. The van der Waals surface area contributed by atoms with E-state index in [9.17, 15) is 9.59 Å². The van der Waals surface area contributed by atoms with Crippen molar-refractivity contribution in [3.8, 4) is 11.4 Å². The van der Waals surface area contributed by atoms with Gasteiger partial charge in [-0.2, -0.15) is 10.2 Å². The monoisotopic (exact) mass is 380 g/mol. The van der Waals surface area contributed by atoms with Crippen LogP contribution in [-0.2, 0) is 11.8 Å². The molecule has 3 aromatic heterocycles. The Hall–Kier alpha value is -3.56. The van der Waals surface area contributed by atoms with Crippen molar-refractivity contribution in [1.82, 2.24) is 34.4 Å². The average molecular weight is 380 g/mol. The normalized spacial score (nSPS) is 17.0. The maximum absolute atomic E-state index is 12.0. The number of fused-ring (bicyclic) bond motifs is 1. The Morgan fingerprint density at radius 2 is 2.18 bits per heavy atom. The van der Waals surface area contributed by atoms with Gasteiger partial charge in [0.15, 0.2) is 11.9 Å². The molecule has 0 saturated carbocycles. The van der Waals surface area contributed by atoms with Gasteiger partial charge in [0, 0.05) is 20.1 Å². The minimum atomic E-state index is -0.101. The summed E-state index contributed by atoms with van der Waals surface area (Å²) in [4.78, 5) is 33.5. The average Bonchev–Trinajstić information content (AvgIpc) is 3.28. The summed E-state index contributed by atoms with van der Waals surface area (Å²) in [5.41, 5.74) is 8.17. The van der Waals surface area contributed by atoms with E-state index >= 15 is 0 Å². The van der Waals surface area contributed by atoms with Gasteiger partial charge in [-0.1, -0.05) is 6.58 Å². The van der Waals surface area contributed by atoms with Gasteiger partial charge in [-0.05, 0) is 25.0 Å². The Balaban J connectivity index is 1.84. The summed E-state index contributed by atoms with van der Waals surface area (Å²) in [5, 5.41) is 9.70. The van der Waals surface area contributed by atoms with Crippen LogP contribution < -0.4 is 5.73 Å². The van der Waals surface area contributed by atoms with Crippen LogP contribution in [0, 0.1) is 0 Å². The zero-order valence-corrected chi connectivity index (χ0v) is 15.4. The number of nitrogens with two attached hydrogens (primary N) is 1. The lowest BCUT2D eigenvalue weighted by atomic mass is 10.1. The number of anilines is 1. The number of piperidine rings is 1. The Bertz CT molecular complexity index is 1080. The first-order valence-corrected chi connectivity index (χ1v) is 8.93. The first kappa shape index (κ1) is 17.8. The lowest BCUT2D eigenvalue weighted by molar-refractivity contribution is -0.127. The van der Waals surface area contributed by atoms with E-state index < -0.39 is 0 Å². The van der Waals surface area contributed by atoms with Crippen LogP contribution in [0.25, 0.3) is 22.4 Å². The lowest BCUT2D eigenvalue weighted by Gasteiger charge is -2.32. The van der Waals surface area contributed by atoms with Crippen molar-refractivity contribution in [2.75, 3.05) is 18.8 Å². The molecule has 2 N–H and O–H groups in total. The molecule has 1 atom stereocenters. The van der Waals surface area contributed by atoms with Gasteiger partial charge in [-0.25, -0.2) is 14.6 Å². The molecule has 0 spiro atoms. The molecule has 28 heavy (non-hydrogen) atoms. The van der Waals surface area contributed by atoms with Crippen LogP contribution in [0.4, 0.5) is 5.82 Å². The maximum atomic E-state index is 12.0. The molecule has 10 heteroatoms. The number of carbonyl (C=O) groups excluding carboxylic acids is 2. The van der Waals surface area contributed by atoms with E-state index in [0.717, 1.165) is 19.1 Å². The number of nitrogen functional groups attached to an aromatic ring is 1. The van der Waals surface area contributed by atoms with E-state index in [1.807, 2.05) is 0 Å². The summed E-state index contributed by atoms with van der Waals surface area (Å²) in [6.07, 6.45) is 5.15. The molecule has 4 heterocycles. The highest BCUT2D eigenvalue weighted by Gasteiger charge is 2.28. The Kier molecular flexibility index (Phi) is 4.38. The fourth-order valence-corrected chi connectivity index (χ4v) is 3.62. The first-order chi connectivity index (χ1) is 13.5. The summed E-state index contributed by atoms with van der Waals surface area (Å²) in [5.74, 6) is 0.190. The van der Waals surface area contributed by atoms with E-state index in [4.69, 9.17) is 10.8 Å². The van der Waals surface area contributed by atoms with Crippen molar-refractivity contribution in [1.29, 1.82) is 0 Å². The number of carbonyl (C=O) groups is 2. The van der Waals surface area contributed by atoms with Gasteiger partial charge in [0.05, 0.1) is 11.4 Å². The molecule has 0 aromatic carbocycles. The van der Waals surface area contributed by atoms with Crippen LogP contribution in [-0.4, -0.2) is 59.7 Å². The van der Waals surface area contributed by atoms with E-state index in [1.54, 1.807) is 22.7 Å². The number of rotatable bonds is 4. The van der Waals surface area contributed by atoms with E-state index in [1.165, 1.54) is 17.1 Å². The number of hydrogen-bond donors (Lipinski definition) is 1. The smallest absolute Gasteiger partial charge is 0.246 e. The molecular formula is C18H20N8O2. The molecular weight excluding hydrogens is 360 g/mol. The summed E-state index contributed by atoms with van der Waals surface area (Å²) >= 11 is 0. The summed E-state index contributed by atoms with van der Waals surface area (Å²) < 4.78 is 3.28. The van der Waals surface area contributed by atoms with Crippen molar-refractivity contribution in [3.63, 3.8) is 0 Å². The van der Waals surface area contributed by atoms with Crippen LogP contribution in [0.5, 0.6) is 0 Å². The molecule has 0 aliphatic carbocycles. The molecule has 1 aliphatic heterocycles. The fraction of sp³-hybridized carbons (Fsp3) is 0.333. The molecule has 0 radical (unpaired) electrons. The van der Waals surface area contributed by atoms with Gasteiger partial charge in [0.2, 0.25) is 5.91 Å². The van der Waals surface area contributed by atoms with Crippen LogP contribution in [0.3, 0.4) is 0 Å². The molecule has 0 bridgehead atoms. The van der Waals surface area contributed by atoms with Gasteiger partial charge < -0.3 is 10.6 Å². The molecule has 4 rings (SSSR count). The van der Waals surface area contributed by atoms with Crippen molar-refractivity contribution >= 4 is 29.0 Å². The number of hydrogen-bond acceptors (Lipinski definition) is 7. The zero-order chi connectivity index (χ0) is 19.8. The van der Waals surface area contributed by atoms with Crippen LogP contribution in [0.15, 0.2) is 25.0 Å². The molecule has 1 amide bonds. The SMILES string of the molecule is C=CC(=O)N1CCCC(n2nc(-c3cc(C=O)n(C)n3)c3c(N)ncnc32)C1. The number of aromatic nitrogens is 6. The number of amides is 1. The fourth-order valence-electron chi connectivity index (χ4n) is 3.62. The first-order valence-electron chi connectivity index (χ1n) is 8.93. The largest absolute Gasteiger partial charge is 0.383 e. The second kappa shape index (κ2) is 6.87. The molecule has 1 unspecified atom stereocenters. The third kappa shape index (κ3) is 2.82. The summed E-state index contributed by atoms with van der Waals surface area (Å²) in [6.45, 7) is 4.76. The van der Waals surface area contributed by atoms with Gasteiger partial charge in [-0.3, -0.25) is 14.3 Å². The number of nitrogens with zero attached hydrogens (tertiary/aromatic N) is 7. The minimum absolute atomic E-state index is 0.0579. The predicted molar refractivity (Wildman–Crippen MR) is 102 cm³/mol. The van der Waals surface area contributed by atoms with Gasteiger partial charge in [-0.15, -0.1) is 0 Å². The minimum Gasteiger partial charge on any atom is -0.383 e. The molecule has 144 valence electrons. The standard InChI is InChI=1S/C18H20N8O2/c1-3-14(28)25-6-4-5-11(8-25)26-18-15(17(19)20-10-21-18)16(23-26)13-7-12(9-27)24(2)22-13/h3,7,9-11H,1,4-6,8H2,2H3,(H2,19,20,21). The molecule has 3 aromatic rings. The van der Waals surface area contributed by atoms with Crippen LogP contribution in [0.2, 0.25) is 0 Å². The highest BCUT2D eigenvalue weighted by atomic mass is 16.2. The second-order valence-corrected chi connectivity index (χ2v) is 6.73. The van der Waals surface area contributed by atoms with E-state index in [-0.39, 0.29) is 11.9 Å². The predicted octanol–water partition coefficient (Wildman–Crippen LogP) is 0.971. The zero-order valence-electron chi connectivity index (χ0n) is 15.4. The van der Waals surface area contributed by atoms with Gasteiger partial charge >= 0.3 is 0 Å². The molecule has 1 aliphatic rings. The van der Waals surface area contributed by atoms with Crippen molar-refractivity contribution in [2.45, 2.75) is 18.9 Å². The third-order valence-corrected chi connectivity index (χ3v) is 5.03. The summed E-state index contributed by atoms with van der Waals surface area (Å²) in [7, 11) is 1.69. The third-order valence-electron chi connectivity index (χ3n) is 5.03. The Labute approximate surface area is 160 Å².